The van der Waals surface area contributed by atoms with E-state index in [4.69, 9.17) is 0 Å². The standard InChI is InChI=1S/C14H13FN4O3/c15-11-5-1-3-10-4-2-7-18(14(10)11)13(20)9-17-8-6-12(16-17)19(21)22/h1,3,5-6,8H,2,4,7,9H2. The van der Waals surface area contributed by atoms with Crippen LogP contribution in [0.5, 0.6) is 0 Å². The van der Waals surface area contributed by atoms with Crippen LogP contribution in [0.4, 0.5) is 15.9 Å². The number of hydrogen-bond acceptors (Lipinski definition) is 4. The molecule has 0 fully saturated rings. The Kier molecular flexibility index (Phi) is 3.58. The Labute approximate surface area is 125 Å². The van der Waals surface area contributed by atoms with Gasteiger partial charge in [-0.25, -0.2) is 4.39 Å². The second kappa shape index (κ2) is 5.55. The molecular formula is C14H13FN4O3. The Hall–Kier alpha value is -2.77. The molecule has 8 heteroatoms. The van der Waals surface area contributed by atoms with E-state index >= 15 is 0 Å². The molecule has 0 saturated heterocycles. The Morgan fingerprint density at radius 2 is 2.23 bits per heavy atom. The van der Waals surface area contributed by atoms with E-state index in [9.17, 15) is 19.3 Å². The number of amides is 1. The summed E-state index contributed by atoms with van der Waals surface area (Å²) in [6.07, 6.45) is 2.84. The summed E-state index contributed by atoms with van der Waals surface area (Å²) in [4.78, 5) is 23.7. The largest absolute Gasteiger partial charge is 0.389 e. The van der Waals surface area contributed by atoms with Crippen LogP contribution in [0.15, 0.2) is 30.5 Å². The Morgan fingerprint density at radius 3 is 2.95 bits per heavy atom. The van der Waals surface area contributed by atoms with Gasteiger partial charge in [-0.05, 0) is 29.4 Å². The highest BCUT2D eigenvalue weighted by Crippen LogP contribution is 2.30. The van der Waals surface area contributed by atoms with Gasteiger partial charge in [-0.1, -0.05) is 12.1 Å². The molecule has 0 saturated carbocycles. The number of para-hydroxylation sites is 1. The summed E-state index contributed by atoms with van der Waals surface area (Å²) >= 11 is 0. The molecule has 0 radical (unpaired) electrons. The number of nitrogens with zero attached hydrogens (tertiary/aromatic N) is 4. The predicted octanol–water partition coefficient (Wildman–Crippen LogP) is 1.91. The van der Waals surface area contributed by atoms with Gasteiger partial charge in [-0.3, -0.25) is 4.79 Å². The van der Waals surface area contributed by atoms with Gasteiger partial charge in [0.25, 0.3) is 5.91 Å². The van der Waals surface area contributed by atoms with Crippen molar-refractivity contribution in [2.45, 2.75) is 19.4 Å². The average Bonchev–Trinajstić information content (AvgIpc) is 2.96. The van der Waals surface area contributed by atoms with Crippen molar-refractivity contribution in [3.8, 4) is 0 Å². The summed E-state index contributed by atoms with van der Waals surface area (Å²) in [7, 11) is 0. The number of benzene rings is 1. The number of carbonyl (C=O) groups excluding carboxylic acids is 1. The number of hydrogen-bond donors (Lipinski definition) is 0. The van der Waals surface area contributed by atoms with E-state index in [-0.39, 0.29) is 18.3 Å². The number of nitro groups is 1. The van der Waals surface area contributed by atoms with Crippen molar-refractivity contribution in [1.29, 1.82) is 0 Å². The highest BCUT2D eigenvalue weighted by Gasteiger charge is 2.26. The molecule has 114 valence electrons. The van der Waals surface area contributed by atoms with Crippen molar-refractivity contribution in [1.82, 2.24) is 9.78 Å². The van der Waals surface area contributed by atoms with Gasteiger partial charge < -0.3 is 15.0 Å². The molecule has 0 bridgehead atoms. The van der Waals surface area contributed by atoms with E-state index in [2.05, 4.69) is 5.10 Å². The van der Waals surface area contributed by atoms with Crippen molar-refractivity contribution in [3.63, 3.8) is 0 Å². The topological polar surface area (TPSA) is 81.3 Å². The molecule has 2 heterocycles. The smallest absolute Gasteiger partial charge is 0.358 e. The Bertz CT molecular complexity index is 743. The van der Waals surface area contributed by atoms with Crippen LogP contribution in [0.2, 0.25) is 0 Å². The molecule has 22 heavy (non-hydrogen) atoms. The monoisotopic (exact) mass is 304 g/mol. The van der Waals surface area contributed by atoms with Gasteiger partial charge in [0.05, 0.1) is 23.0 Å². The molecule has 1 aliphatic heterocycles. The summed E-state index contributed by atoms with van der Waals surface area (Å²) in [6, 6.07) is 5.97. The summed E-state index contributed by atoms with van der Waals surface area (Å²) in [6.45, 7) is 0.262. The first-order chi connectivity index (χ1) is 10.6. The number of aromatic nitrogens is 2. The molecule has 1 aliphatic rings. The van der Waals surface area contributed by atoms with Crippen LogP contribution in [0, 0.1) is 15.9 Å². The lowest BCUT2D eigenvalue weighted by atomic mass is 10.0. The van der Waals surface area contributed by atoms with E-state index in [0.29, 0.717) is 12.2 Å². The van der Waals surface area contributed by atoms with Gasteiger partial charge in [-0.2, -0.15) is 4.68 Å². The second-order valence-electron chi connectivity index (χ2n) is 5.03. The lowest BCUT2D eigenvalue weighted by Crippen LogP contribution is -2.38. The molecule has 2 aromatic rings. The SMILES string of the molecule is O=C(Cn1ccc([N+](=O)[O-])n1)N1CCCc2cccc(F)c21. The maximum absolute atomic E-state index is 14.0. The first-order valence-corrected chi connectivity index (χ1v) is 6.82. The molecule has 7 nitrogen and oxygen atoms in total. The van der Waals surface area contributed by atoms with Crippen LogP contribution in [-0.4, -0.2) is 27.2 Å². The number of fused-ring (bicyclic) bond motifs is 1. The molecule has 0 aliphatic carbocycles. The highest BCUT2D eigenvalue weighted by molar-refractivity contribution is 5.94. The van der Waals surface area contributed by atoms with E-state index in [1.54, 1.807) is 12.1 Å². The summed E-state index contributed by atoms with van der Waals surface area (Å²) < 4.78 is 15.2. The molecule has 1 amide bonds. The molecule has 1 aromatic heterocycles. The minimum Gasteiger partial charge on any atom is -0.358 e. The van der Waals surface area contributed by atoms with Gasteiger partial charge in [-0.15, -0.1) is 0 Å². The normalized spacial score (nSPS) is 13.8. The van der Waals surface area contributed by atoms with Crippen LogP contribution >= 0.6 is 0 Å². The molecule has 3 rings (SSSR count). The zero-order valence-electron chi connectivity index (χ0n) is 11.6. The van der Waals surface area contributed by atoms with Gasteiger partial charge in [0.1, 0.15) is 12.4 Å². The molecule has 0 atom stereocenters. The average molecular weight is 304 g/mol. The minimum absolute atomic E-state index is 0.165. The van der Waals surface area contributed by atoms with Gasteiger partial charge in [0.15, 0.2) is 0 Å². The van der Waals surface area contributed by atoms with Crippen LogP contribution in [0.25, 0.3) is 0 Å². The first-order valence-electron chi connectivity index (χ1n) is 6.82. The van der Waals surface area contributed by atoms with Crippen LogP contribution < -0.4 is 4.90 Å². The first kappa shape index (κ1) is 14.2. The number of rotatable bonds is 3. The number of anilines is 1. The zero-order chi connectivity index (χ0) is 15.7. The van der Waals surface area contributed by atoms with Crippen LogP contribution in [0.3, 0.4) is 0 Å². The van der Waals surface area contributed by atoms with Crippen molar-refractivity contribution < 1.29 is 14.1 Å². The minimum atomic E-state index is -0.628. The quantitative estimate of drug-likeness (QED) is 0.640. The van der Waals surface area contributed by atoms with E-state index in [1.165, 1.54) is 27.9 Å². The van der Waals surface area contributed by atoms with Crippen molar-refractivity contribution in [2.24, 2.45) is 0 Å². The fourth-order valence-electron chi connectivity index (χ4n) is 2.61. The predicted molar refractivity (Wildman–Crippen MR) is 76.0 cm³/mol. The maximum atomic E-state index is 14.0. The number of carbonyl (C=O) groups is 1. The lowest BCUT2D eigenvalue weighted by Gasteiger charge is -2.29. The Balaban J connectivity index is 1.83. The Morgan fingerprint density at radius 1 is 1.41 bits per heavy atom. The van der Waals surface area contributed by atoms with Gasteiger partial charge >= 0.3 is 5.82 Å². The molecule has 0 unspecified atom stereocenters. The van der Waals surface area contributed by atoms with Crippen LogP contribution in [-0.2, 0) is 17.8 Å². The third kappa shape index (κ3) is 2.54. The third-order valence-electron chi connectivity index (χ3n) is 3.58. The highest BCUT2D eigenvalue weighted by atomic mass is 19.1. The van der Waals surface area contributed by atoms with E-state index < -0.39 is 10.7 Å². The zero-order valence-corrected chi connectivity index (χ0v) is 11.6. The van der Waals surface area contributed by atoms with E-state index in [0.717, 1.165) is 18.4 Å². The molecule has 1 aromatic carbocycles. The summed E-state index contributed by atoms with van der Waals surface area (Å²) in [5.74, 6) is -1.10. The maximum Gasteiger partial charge on any atom is 0.389 e. The molecule has 0 N–H and O–H groups in total. The van der Waals surface area contributed by atoms with Crippen molar-refractivity contribution in [3.05, 3.63) is 52.0 Å². The van der Waals surface area contributed by atoms with Crippen LogP contribution in [0.1, 0.15) is 12.0 Å². The second-order valence-corrected chi connectivity index (χ2v) is 5.03. The van der Waals surface area contributed by atoms with Crippen molar-refractivity contribution in [2.75, 3.05) is 11.4 Å². The van der Waals surface area contributed by atoms with Crippen molar-refractivity contribution >= 4 is 17.4 Å². The third-order valence-corrected chi connectivity index (χ3v) is 3.58. The van der Waals surface area contributed by atoms with Gasteiger partial charge in [0, 0.05) is 6.54 Å². The summed E-state index contributed by atoms with van der Waals surface area (Å²) in [5, 5.41) is 14.3. The lowest BCUT2D eigenvalue weighted by molar-refractivity contribution is -0.389. The molecule has 0 spiro atoms. The van der Waals surface area contributed by atoms with E-state index in [1.807, 2.05) is 0 Å². The fraction of sp³-hybridized carbons (Fsp3) is 0.286. The number of aryl methyl sites for hydroxylation is 1. The molecular weight excluding hydrogens is 291 g/mol. The number of halogens is 1. The van der Waals surface area contributed by atoms with Gasteiger partial charge in [0.2, 0.25) is 0 Å². The summed E-state index contributed by atoms with van der Waals surface area (Å²) in [5.41, 5.74) is 1.10. The fourth-order valence-corrected chi connectivity index (χ4v) is 2.61.